The molecule has 1 aromatic heterocycles. The molecular weight excluding hydrogens is 308 g/mol. The van der Waals surface area contributed by atoms with Gasteiger partial charge in [0.25, 0.3) is 0 Å². The molecule has 90 valence electrons. The van der Waals surface area contributed by atoms with Crippen molar-refractivity contribution >= 4 is 33.0 Å². The number of hydrogen-bond acceptors (Lipinski definition) is 2. The second-order valence-corrected chi connectivity index (χ2v) is 5.45. The second-order valence-electron chi connectivity index (χ2n) is 3.50. The fourth-order valence-corrected chi connectivity index (χ4v) is 2.59. The summed E-state index contributed by atoms with van der Waals surface area (Å²) in [6, 6.07) is 6.45. The summed E-state index contributed by atoms with van der Waals surface area (Å²) in [5.74, 6) is -1.16. The van der Waals surface area contributed by atoms with E-state index in [0.29, 0.717) is 11.0 Å². The summed E-state index contributed by atoms with van der Waals surface area (Å²) in [6.07, 6.45) is 0.757. The SMILES string of the molecule is Fc1cc(Br)cc(F)c1NCCc1cccs1. The zero-order valence-electron chi connectivity index (χ0n) is 8.84. The van der Waals surface area contributed by atoms with E-state index in [4.69, 9.17) is 0 Å². The van der Waals surface area contributed by atoms with E-state index < -0.39 is 11.6 Å². The average Bonchev–Trinajstić information content (AvgIpc) is 2.74. The van der Waals surface area contributed by atoms with E-state index in [1.165, 1.54) is 17.0 Å². The minimum Gasteiger partial charge on any atom is -0.380 e. The number of benzene rings is 1. The van der Waals surface area contributed by atoms with E-state index in [9.17, 15) is 8.78 Å². The van der Waals surface area contributed by atoms with Gasteiger partial charge in [-0.2, -0.15) is 0 Å². The molecule has 2 aromatic rings. The van der Waals surface area contributed by atoms with Gasteiger partial charge in [-0.05, 0) is 30.0 Å². The van der Waals surface area contributed by atoms with Crippen LogP contribution < -0.4 is 5.32 Å². The lowest BCUT2D eigenvalue weighted by Crippen LogP contribution is -2.07. The van der Waals surface area contributed by atoms with Gasteiger partial charge in [-0.25, -0.2) is 8.78 Å². The maximum absolute atomic E-state index is 13.4. The standard InChI is InChI=1S/C12H10BrF2NS/c13-8-6-10(14)12(11(15)7-8)16-4-3-9-2-1-5-17-9/h1-2,5-7,16H,3-4H2. The number of hydrogen-bond donors (Lipinski definition) is 1. The van der Waals surface area contributed by atoms with Gasteiger partial charge in [-0.15, -0.1) is 11.3 Å². The molecule has 0 fully saturated rings. The highest BCUT2D eigenvalue weighted by molar-refractivity contribution is 9.10. The van der Waals surface area contributed by atoms with Crippen molar-refractivity contribution in [2.24, 2.45) is 0 Å². The maximum Gasteiger partial charge on any atom is 0.150 e. The van der Waals surface area contributed by atoms with E-state index in [1.807, 2.05) is 17.5 Å². The number of anilines is 1. The van der Waals surface area contributed by atoms with Crippen LogP contribution in [-0.2, 0) is 6.42 Å². The normalized spacial score (nSPS) is 10.5. The Morgan fingerprint density at radius 3 is 2.53 bits per heavy atom. The van der Waals surface area contributed by atoms with Crippen LogP contribution in [0.1, 0.15) is 4.88 Å². The zero-order chi connectivity index (χ0) is 12.3. The number of nitrogens with one attached hydrogen (secondary N) is 1. The van der Waals surface area contributed by atoms with E-state index >= 15 is 0 Å². The lowest BCUT2D eigenvalue weighted by Gasteiger charge is -2.08. The van der Waals surface area contributed by atoms with Crippen molar-refractivity contribution in [1.29, 1.82) is 0 Å². The summed E-state index contributed by atoms with van der Waals surface area (Å²) < 4.78 is 27.3. The third-order valence-electron chi connectivity index (χ3n) is 2.26. The number of thiophene rings is 1. The van der Waals surface area contributed by atoms with Gasteiger partial charge in [-0.3, -0.25) is 0 Å². The van der Waals surface area contributed by atoms with Gasteiger partial charge >= 0.3 is 0 Å². The molecule has 17 heavy (non-hydrogen) atoms. The third kappa shape index (κ3) is 3.26. The van der Waals surface area contributed by atoms with Crippen molar-refractivity contribution in [3.8, 4) is 0 Å². The second kappa shape index (κ2) is 5.60. The zero-order valence-corrected chi connectivity index (χ0v) is 11.2. The predicted octanol–water partition coefficient (Wildman–Crippen LogP) is 4.44. The van der Waals surface area contributed by atoms with Gasteiger partial charge in [0.15, 0.2) is 0 Å². The molecular formula is C12H10BrF2NS. The van der Waals surface area contributed by atoms with Crippen LogP contribution in [0.25, 0.3) is 0 Å². The molecule has 5 heteroatoms. The minimum atomic E-state index is -0.581. The smallest absolute Gasteiger partial charge is 0.150 e. The van der Waals surface area contributed by atoms with Gasteiger partial charge < -0.3 is 5.32 Å². The molecule has 0 aliphatic heterocycles. The van der Waals surface area contributed by atoms with Crippen LogP contribution in [0, 0.1) is 11.6 Å². The van der Waals surface area contributed by atoms with Crippen molar-refractivity contribution < 1.29 is 8.78 Å². The topological polar surface area (TPSA) is 12.0 Å². The molecule has 1 heterocycles. The Balaban J connectivity index is 1.99. The highest BCUT2D eigenvalue weighted by atomic mass is 79.9. The van der Waals surface area contributed by atoms with Crippen molar-refractivity contribution in [2.75, 3.05) is 11.9 Å². The van der Waals surface area contributed by atoms with Crippen molar-refractivity contribution in [1.82, 2.24) is 0 Å². The van der Waals surface area contributed by atoms with Gasteiger partial charge in [0.05, 0.1) is 0 Å². The van der Waals surface area contributed by atoms with Crippen LogP contribution in [-0.4, -0.2) is 6.54 Å². The maximum atomic E-state index is 13.4. The largest absolute Gasteiger partial charge is 0.380 e. The molecule has 2 rings (SSSR count). The number of halogens is 3. The lowest BCUT2D eigenvalue weighted by molar-refractivity contribution is 0.586. The Bertz CT molecular complexity index is 476. The fraction of sp³-hybridized carbons (Fsp3) is 0.167. The van der Waals surface area contributed by atoms with E-state index in [2.05, 4.69) is 21.2 Å². The van der Waals surface area contributed by atoms with E-state index in [-0.39, 0.29) is 5.69 Å². The molecule has 0 aliphatic rings. The molecule has 0 unspecified atom stereocenters. The monoisotopic (exact) mass is 317 g/mol. The summed E-state index contributed by atoms with van der Waals surface area (Å²) >= 11 is 4.67. The summed E-state index contributed by atoms with van der Waals surface area (Å²) in [5, 5.41) is 4.76. The van der Waals surface area contributed by atoms with Crippen molar-refractivity contribution in [2.45, 2.75) is 6.42 Å². The molecule has 1 aromatic carbocycles. The Morgan fingerprint density at radius 2 is 1.94 bits per heavy atom. The minimum absolute atomic E-state index is 0.0650. The summed E-state index contributed by atoms with van der Waals surface area (Å²) in [7, 11) is 0. The molecule has 0 radical (unpaired) electrons. The molecule has 1 nitrogen and oxygen atoms in total. The highest BCUT2D eigenvalue weighted by Gasteiger charge is 2.09. The first-order valence-electron chi connectivity index (χ1n) is 5.07. The molecule has 0 saturated carbocycles. The van der Waals surface area contributed by atoms with Crippen LogP contribution >= 0.6 is 27.3 Å². The first-order chi connectivity index (χ1) is 8.16. The fourth-order valence-electron chi connectivity index (χ4n) is 1.48. The number of rotatable bonds is 4. The summed E-state index contributed by atoms with van der Waals surface area (Å²) in [6.45, 7) is 0.510. The predicted molar refractivity (Wildman–Crippen MR) is 70.6 cm³/mol. The van der Waals surface area contributed by atoms with Crippen molar-refractivity contribution in [3.05, 3.63) is 50.6 Å². The van der Waals surface area contributed by atoms with E-state index in [1.54, 1.807) is 11.3 Å². The molecule has 0 spiro atoms. The highest BCUT2D eigenvalue weighted by Crippen LogP contribution is 2.23. The lowest BCUT2D eigenvalue weighted by atomic mass is 10.2. The summed E-state index contributed by atoms with van der Waals surface area (Å²) in [4.78, 5) is 1.19. The molecule has 1 N–H and O–H groups in total. The Morgan fingerprint density at radius 1 is 1.24 bits per heavy atom. The third-order valence-corrected chi connectivity index (χ3v) is 3.65. The first kappa shape index (κ1) is 12.5. The quantitative estimate of drug-likeness (QED) is 0.878. The van der Waals surface area contributed by atoms with Gasteiger partial charge in [0.1, 0.15) is 17.3 Å². The van der Waals surface area contributed by atoms with Crippen LogP contribution in [0.15, 0.2) is 34.1 Å². The Hall–Kier alpha value is -0.940. The van der Waals surface area contributed by atoms with Crippen LogP contribution in [0.5, 0.6) is 0 Å². The van der Waals surface area contributed by atoms with Crippen LogP contribution in [0.4, 0.5) is 14.5 Å². The molecule has 0 saturated heterocycles. The summed E-state index contributed by atoms with van der Waals surface area (Å²) in [5.41, 5.74) is -0.0650. The average molecular weight is 318 g/mol. The van der Waals surface area contributed by atoms with Gasteiger partial charge in [-0.1, -0.05) is 22.0 Å². The van der Waals surface area contributed by atoms with Crippen LogP contribution in [0.3, 0.4) is 0 Å². The molecule has 0 atom stereocenters. The van der Waals surface area contributed by atoms with Crippen LogP contribution in [0.2, 0.25) is 0 Å². The van der Waals surface area contributed by atoms with Crippen molar-refractivity contribution in [3.63, 3.8) is 0 Å². The Labute approximate surface area is 111 Å². The van der Waals surface area contributed by atoms with Gasteiger partial charge in [0, 0.05) is 15.9 Å². The first-order valence-corrected chi connectivity index (χ1v) is 6.75. The molecule has 0 bridgehead atoms. The van der Waals surface area contributed by atoms with E-state index in [0.717, 1.165) is 6.42 Å². The molecule has 0 aliphatic carbocycles. The molecule has 0 amide bonds. The Kier molecular flexibility index (Phi) is 4.12. The van der Waals surface area contributed by atoms with Gasteiger partial charge in [0.2, 0.25) is 0 Å².